The predicted octanol–water partition coefficient (Wildman–Crippen LogP) is 2.91. The van der Waals surface area contributed by atoms with Gasteiger partial charge in [-0.15, -0.1) is 0 Å². The van der Waals surface area contributed by atoms with Gasteiger partial charge in [0.1, 0.15) is 12.0 Å². The minimum atomic E-state index is 0.580. The topological polar surface area (TPSA) is 70.3 Å². The summed E-state index contributed by atoms with van der Waals surface area (Å²) < 4.78 is 0. The van der Waals surface area contributed by atoms with E-state index in [0.717, 1.165) is 49.8 Å². The number of nitrogen functional groups attached to an aromatic ring is 1. The lowest BCUT2D eigenvalue weighted by Gasteiger charge is -2.35. The summed E-state index contributed by atoms with van der Waals surface area (Å²) >= 11 is 6.01. The minimum absolute atomic E-state index is 0.580. The first-order valence-electron chi connectivity index (χ1n) is 8.19. The third-order valence-electron chi connectivity index (χ3n) is 4.42. The molecule has 0 aliphatic carbocycles. The highest BCUT2D eigenvalue weighted by molar-refractivity contribution is 6.30. The summed E-state index contributed by atoms with van der Waals surface area (Å²) in [6.07, 6.45) is 1.56. The first-order chi connectivity index (χ1) is 11.6. The molecule has 0 unspecified atom stereocenters. The van der Waals surface area contributed by atoms with Crippen LogP contribution in [0.1, 0.15) is 12.5 Å². The van der Waals surface area contributed by atoms with Crippen LogP contribution >= 0.6 is 11.6 Å². The Morgan fingerprint density at radius 3 is 2.62 bits per heavy atom. The predicted molar refractivity (Wildman–Crippen MR) is 100 cm³/mol. The molecule has 1 aromatic carbocycles. The third-order valence-corrected chi connectivity index (χ3v) is 4.66. The highest BCUT2D eigenvalue weighted by Gasteiger charge is 2.20. The van der Waals surface area contributed by atoms with Gasteiger partial charge in [-0.2, -0.15) is 0 Å². The van der Waals surface area contributed by atoms with Gasteiger partial charge in [0, 0.05) is 36.9 Å². The summed E-state index contributed by atoms with van der Waals surface area (Å²) in [5.74, 6) is 1.43. The summed E-state index contributed by atoms with van der Waals surface area (Å²) in [5, 5.41) is 4.01. The Labute approximate surface area is 147 Å². The first-order valence-corrected chi connectivity index (χ1v) is 8.57. The molecule has 0 atom stereocenters. The Morgan fingerprint density at radius 1 is 1.21 bits per heavy atom. The van der Waals surface area contributed by atoms with E-state index in [9.17, 15) is 0 Å². The maximum atomic E-state index is 6.34. The van der Waals surface area contributed by atoms with Crippen LogP contribution in [-0.2, 0) is 0 Å². The van der Waals surface area contributed by atoms with E-state index in [1.807, 2.05) is 25.1 Å². The molecule has 0 bridgehead atoms. The van der Waals surface area contributed by atoms with Gasteiger partial charge in [-0.3, -0.25) is 0 Å². The number of hydrogen-bond donors (Lipinski definition) is 2. The number of halogens is 1. The van der Waals surface area contributed by atoms with Crippen molar-refractivity contribution in [2.24, 2.45) is 0 Å². The molecule has 0 spiro atoms. The van der Waals surface area contributed by atoms with E-state index in [4.69, 9.17) is 17.3 Å². The summed E-state index contributed by atoms with van der Waals surface area (Å²) in [6, 6.07) is 5.68. The zero-order valence-corrected chi connectivity index (χ0v) is 14.8. The maximum Gasteiger partial charge on any atom is 0.159 e. The van der Waals surface area contributed by atoms with Gasteiger partial charge < -0.3 is 20.9 Å². The number of anilines is 4. The van der Waals surface area contributed by atoms with E-state index < -0.39 is 0 Å². The number of nitrogens with one attached hydrogen (secondary N) is 1. The van der Waals surface area contributed by atoms with Crippen LogP contribution in [-0.4, -0.2) is 47.6 Å². The molecule has 1 fully saturated rings. The standard InChI is InChI=1S/C17H23ClN6/c1-3-23-6-8-24(9-7-23)17-15(19)16(20-11-21-17)22-14-5-4-13(18)10-12(14)2/h4-5,10-11H,3,6-9,19H2,1-2H3,(H,20,21,22). The Bertz CT molecular complexity index is 712. The Balaban J connectivity index is 1.81. The Kier molecular flexibility index (Phi) is 5.06. The minimum Gasteiger partial charge on any atom is -0.393 e. The van der Waals surface area contributed by atoms with Crippen molar-refractivity contribution in [2.45, 2.75) is 13.8 Å². The van der Waals surface area contributed by atoms with Crippen LogP contribution in [0.5, 0.6) is 0 Å². The highest BCUT2D eigenvalue weighted by Crippen LogP contribution is 2.30. The van der Waals surface area contributed by atoms with E-state index in [1.165, 1.54) is 0 Å². The van der Waals surface area contributed by atoms with Gasteiger partial charge in [0.25, 0.3) is 0 Å². The van der Waals surface area contributed by atoms with Gasteiger partial charge in [0.15, 0.2) is 11.6 Å². The zero-order valence-electron chi connectivity index (χ0n) is 14.1. The summed E-state index contributed by atoms with van der Waals surface area (Å²) in [5.41, 5.74) is 8.90. The molecule has 6 nitrogen and oxygen atoms in total. The average Bonchev–Trinajstić information content (AvgIpc) is 2.59. The van der Waals surface area contributed by atoms with Crippen molar-refractivity contribution in [1.82, 2.24) is 14.9 Å². The van der Waals surface area contributed by atoms with Crippen molar-refractivity contribution in [1.29, 1.82) is 0 Å². The maximum absolute atomic E-state index is 6.34. The lowest BCUT2D eigenvalue weighted by atomic mass is 10.2. The first kappa shape index (κ1) is 16.8. The van der Waals surface area contributed by atoms with Gasteiger partial charge >= 0.3 is 0 Å². The van der Waals surface area contributed by atoms with Crippen molar-refractivity contribution in [2.75, 3.05) is 48.7 Å². The molecule has 0 radical (unpaired) electrons. The molecular formula is C17H23ClN6. The molecular weight excluding hydrogens is 324 g/mol. The van der Waals surface area contributed by atoms with Crippen LogP contribution in [0.15, 0.2) is 24.5 Å². The van der Waals surface area contributed by atoms with Crippen LogP contribution < -0.4 is 16.0 Å². The highest BCUT2D eigenvalue weighted by atomic mass is 35.5. The molecule has 0 saturated carbocycles. The summed E-state index contributed by atoms with van der Waals surface area (Å²) in [6.45, 7) is 9.17. The molecule has 128 valence electrons. The van der Waals surface area contributed by atoms with Crippen LogP contribution in [0.25, 0.3) is 0 Å². The van der Waals surface area contributed by atoms with Crippen molar-refractivity contribution in [3.05, 3.63) is 35.1 Å². The molecule has 7 heteroatoms. The van der Waals surface area contributed by atoms with Gasteiger partial charge in [-0.1, -0.05) is 18.5 Å². The van der Waals surface area contributed by atoms with Crippen molar-refractivity contribution in [3.8, 4) is 0 Å². The van der Waals surface area contributed by atoms with E-state index in [2.05, 4.69) is 32.0 Å². The van der Waals surface area contributed by atoms with Gasteiger partial charge in [0.2, 0.25) is 0 Å². The molecule has 3 rings (SSSR count). The van der Waals surface area contributed by atoms with Crippen LogP contribution in [0, 0.1) is 6.92 Å². The lowest BCUT2D eigenvalue weighted by Crippen LogP contribution is -2.46. The van der Waals surface area contributed by atoms with Crippen molar-refractivity contribution >= 4 is 34.6 Å². The Hall–Kier alpha value is -2.05. The Morgan fingerprint density at radius 2 is 1.96 bits per heavy atom. The number of piperazine rings is 1. The van der Waals surface area contributed by atoms with Gasteiger partial charge in [0.05, 0.1) is 0 Å². The second-order valence-electron chi connectivity index (χ2n) is 5.97. The average molecular weight is 347 g/mol. The number of rotatable bonds is 4. The molecule has 24 heavy (non-hydrogen) atoms. The number of aryl methyl sites for hydroxylation is 1. The van der Waals surface area contributed by atoms with Crippen molar-refractivity contribution < 1.29 is 0 Å². The molecule has 1 aromatic heterocycles. The fourth-order valence-corrected chi connectivity index (χ4v) is 3.14. The van der Waals surface area contributed by atoms with Gasteiger partial charge in [-0.25, -0.2) is 9.97 Å². The fraction of sp³-hybridized carbons (Fsp3) is 0.412. The number of likely N-dealkylation sites (N-methyl/N-ethyl adjacent to an activating group) is 1. The molecule has 2 aromatic rings. The zero-order chi connectivity index (χ0) is 17.1. The van der Waals surface area contributed by atoms with E-state index >= 15 is 0 Å². The van der Waals surface area contributed by atoms with E-state index in [1.54, 1.807) is 6.33 Å². The number of aromatic nitrogens is 2. The molecule has 1 aliphatic heterocycles. The van der Waals surface area contributed by atoms with Crippen molar-refractivity contribution in [3.63, 3.8) is 0 Å². The number of nitrogens with two attached hydrogens (primary N) is 1. The largest absolute Gasteiger partial charge is 0.393 e. The van der Waals surface area contributed by atoms with Crippen LogP contribution in [0.2, 0.25) is 5.02 Å². The molecule has 1 saturated heterocycles. The normalized spacial score (nSPS) is 15.5. The number of hydrogen-bond acceptors (Lipinski definition) is 6. The summed E-state index contributed by atoms with van der Waals surface area (Å²) in [4.78, 5) is 13.4. The van der Waals surface area contributed by atoms with Gasteiger partial charge in [-0.05, 0) is 37.2 Å². The number of nitrogens with zero attached hydrogens (tertiary/aromatic N) is 4. The number of benzene rings is 1. The van der Waals surface area contributed by atoms with Crippen LogP contribution in [0.3, 0.4) is 0 Å². The summed E-state index contributed by atoms with van der Waals surface area (Å²) in [7, 11) is 0. The SMILES string of the molecule is CCN1CCN(c2ncnc(Nc3ccc(Cl)cc3C)c2N)CC1. The monoisotopic (exact) mass is 346 g/mol. The second-order valence-corrected chi connectivity index (χ2v) is 6.40. The smallest absolute Gasteiger partial charge is 0.159 e. The van der Waals surface area contributed by atoms with E-state index in [-0.39, 0.29) is 0 Å². The lowest BCUT2D eigenvalue weighted by molar-refractivity contribution is 0.270. The second kappa shape index (κ2) is 7.23. The third kappa shape index (κ3) is 3.55. The quantitative estimate of drug-likeness (QED) is 0.887. The fourth-order valence-electron chi connectivity index (χ4n) is 2.91. The molecule has 0 amide bonds. The van der Waals surface area contributed by atoms with Crippen LogP contribution in [0.4, 0.5) is 23.0 Å². The molecule has 2 heterocycles. The van der Waals surface area contributed by atoms with E-state index in [0.29, 0.717) is 16.5 Å². The molecule has 3 N–H and O–H groups in total. The molecule has 1 aliphatic rings.